The Labute approximate surface area is 114 Å². The molecule has 1 amide bonds. The first kappa shape index (κ1) is 15.1. The largest absolute Gasteiger partial charge is 0.491 e. The number of hydrogen-bond donors (Lipinski definition) is 1. The Morgan fingerprint density at radius 1 is 1.53 bits per heavy atom. The second-order valence-electron chi connectivity index (χ2n) is 4.50. The van der Waals surface area contributed by atoms with Crippen molar-refractivity contribution in [2.75, 3.05) is 18.9 Å². The molecule has 0 spiro atoms. The fourth-order valence-corrected chi connectivity index (χ4v) is 1.85. The fourth-order valence-electron chi connectivity index (χ4n) is 1.85. The zero-order chi connectivity index (χ0) is 14.4. The number of rotatable bonds is 6. The van der Waals surface area contributed by atoms with Crippen molar-refractivity contribution >= 4 is 11.6 Å². The lowest BCUT2D eigenvalue weighted by molar-refractivity contribution is 0.0724. The van der Waals surface area contributed by atoms with Gasteiger partial charge in [-0.15, -0.1) is 6.58 Å². The van der Waals surface area contributed by atoms with Crippen molar-refractivity contribution in [3.63, 3.8) is 0 Å². The van der Waals surface area contributed by atoms with Crippen LogP contribution in [0.2, 0.25) is 0 Å². The van der Waals surface area contributed by atoms with E-state index in [1.807, 2.05) is 20.8 Å². The number of amides is 1. The molecule has 0 heterocycles. The van der Waals surface area contributed by atoms with Crippen LogP contribution in [-0.2, 0) is 0 Å². The van der Waals surface area contributed by atoms with Crippen LogP contribution in [0.25, 0.3) is 0 Å². The molecular weight excluding hydrogens is 240 g/mol. The lowest BCUT2D eigenvalue weighted by Gasteiger charge is -2.26. The Balaban J connectivity index is 3.16. The van der Waals surface area contributed by atoms with E-state index in [1.165, 1.54) is 0 Å². The van der Waals surface area contributed by atoms with Gasteiger partial charge < -0.3 is 15.4 Å². The van der Waals surface area contributed by atoms with Gasteiger partial charge in [0, 0.05) is 12.6 Å². The summed E-state index contributed by atoms with van der Waals surface area (Å²) in [4.78, 5) is 14.3. The van der Waals surface area contributed by atoms with E-state index < -0.39 is 0 Å². The first-order chi connectivity index (χ1) is 9.02. The van der Waals surface area contributed by atoms with Crippen molar-refractivity contribution in [1.29, 1.82) is 0 Å². The summed E-state index contributed by atoms with van der Waals surface area (Å²) >= 11 is 0. The Morgan fingerprint density at radius 2 is 2.21 bits per heavy atom. The second kappa shape index (κ2) is 6.83. The van der Waals surface area contributed by atoms with E-state index >= 15 is 0 Å². The van der Waals surface area contributed by atoms with Gasteiger partial charge in [0.15, 0.2) is 5.75 Å². The maximum Gasteiger partial charge on any atom is 0.258 e. The third-order valence-corrected chi connectivity index (χ3v) is 2.77. The van der Waals surface area contributed by atoms with Gasteiger partial charge in [0.25, 0.3) is 5.91 Å². The molecule has 0 radical (unpaired) electrons. The van der Waals surface area contributed by atoms with E-state index in [1.54, 1.807) is 29.2 Å². The molecule has 0 bridgehead atoms. The Bertz CT molecular complexity index is 455. The van der Waals surface area contributed by atoms with Gasteiger partial charge in [0.05, 0.1) is 17.9 Å². The molecule has 0 saturated carbocycles. The van der Waals surface area contributed by atoms with E-state index in [-0.39, 0.29) is 11.9 Å². The summed E-state index contributed by atoms with van der Waals surface area (Å²) in [5.41, 5.74) is 6.86. The zero-order valence-corrected chi connectivity index (χ0v) is 11.8. The van der Waals surface area contributed by atoms with Gasteiger partial charge in [-0.3, -0.25) is 4.79 Å². The minimum absolute atomic E-state index is 0.0846. The molecule has 2 N–H and O–H groups in total. The molecular formula is C15H22N2O2. The molecule has 1 aromatic rings. The van der Waals surface area contributed by atoms with Gasteiger partial charge in [-0.05, 0) is 32.9 Å². The molecule has 0 aliphatic rings. The summed E-state index contributed by atoms with van der Waals surface area (Å²) in [6, 6.07) is 5.32. The van der Waals surface area contributed by atoms with Gasteiger partial charge in [0.2, 0.25) is 0 Å². The number of para-hydroxylation sites is 1. The highest BCUT2D eigenvalue weighted by molar-refractivity contribution is 5.98. The fraction of sp³-hybridized carbons (Fsp3) is 0.400. The highest BCUT2D eigenvalue weighted by Crippen LogP contribution is 2.28. The van der Waals surface area contributed by atoms with Crippen LogP contribution in [0.3, 0.4) is 0 Å². The van der Waals surface area contributed by atoms with Crippen molar-refractivity contribution in [1.82, 2.24) is 4.90 Å². The molecule has 104 valence electrons. The monoisotopic (exact) mass is 262 g/mol. The third kappa shape index (κ3) is 3.50. The van der Waals surface area contributed by atoms with Crippen LogP contribution in [0.15, 0.2) is 30.9 Å². The summed E-state index contributed by atoms with van der Waals surface area (Å²) in [6.07, 6.45) is 1.71. The summed E-state index contributed by atoms with van der Waals surface area (Å²) in [6.45, 7) is 10.5. The number of benzene rings is 1. The van der Waals surface area contributed by atoms with Crippen molar-refractivity contribution in [3.8, 4) is 5.75 Å². The minimum atomic E-state index is -0.0920. The van der Waals surface area contributed by atoms with Gasteiger partial charge in [0.1, 0.15) is 0 Å². The lowest BCUT2D eigenvalue weighted by Crippen LogP contribution is -2.37. The average molecular weight is 262 g/mol. The predicted octanol–water partition coefficient (Wildman–Crippen LogP) is 2.70. The van der Waals surface area contributed by atoms with Gasteiger partial charge in [-0.1, -0.05) is 12.1 Å². The predicted molar refractivity (Wildman–Crippen MR) is 78.4 cm³/mol. The molecule has 0 saturated heterocycles. The van der Waals surface area contributed by atoms with Crippen LogP contribution in [-0.4, -0.2) is 30.0 Å². The van der Waals surface area contributed by atoms with Crippen LogP contribution in [0.5, 0.6) is 5.75 Å². The number of anilines is 1. The molecule has 0 aliphatic carbocycles. The maximum absolute atomic E-state index is 12.6. The molecule has 4 nitrogen and oxygen atoms in total. The average Bonchev–Trinajstić information content (AvgIpc) is 2.37. The first-order valence-corrected chi connectivity index (χ1v) is 6.46. The molecule has 0 aromatic heterocycles. The first-order valence-electron chi connectivity index (χ1n) is 6.46. The van der Waals surface area contributed by atoms with Crippen LogP contribution in [0.4, 0.5) is 5.69 Å². The number of hydrogen-bond acceptors (Lipinski definition) is 3. The number of carbonyl (C=O) groups excluding carboxylic acids is 1. The van der Waals surface area contributed by atoms with E-state index in [2.05, 4.69) is 6.58 Å². The Morgan fingerprint density at radius 3 is 2.74 bits per heavy atom. The molecule has 0 fully saturated rings. The van der Waals surface area contributed by atoms with Gasteiger partial charge in [-0.2, -0.15) is 0 Å². The summed E-state index contributed by atoms with van der Waals surface area (Å²) in [5.74, 6) is 0.371. The van der Waals surface area contributed by atoms with Crippen molar-refractivity contribution in [2.45, 2.75) is 26.8 Å². The zero-order valence-electron chi connectivity index (χ0n) is 11.8. The van der Waals surface area contributed by atoms with E-state index in [0.717, 1.165) is 0 Å². The Hall–Kier alpha value is -1.97. The maximum atomic E-state index is 12.6. The van der Waals surface area contributed by atoms with Crippen molar-refractivity contribution < 1.29 is 9.53 Å². The van der Waals surface area contributed by atoms with Crippen molar-refractivity contribution in [3.05, 3.63) is 36.4 Å². The number of carbonyl (C=O) groups is 1. The number of nitrogens with zero attached hydrogens (tertiary/aromatic N) is 1. The van der Waals surface area contributed by atoms with Gasteiger partial charge >= 0.3 is 0 Å². The minimum Gasteiger partial charge on any atom is -0.491 e. The molecule has 1 aromatic carbocycles. The van der Waals surface area contributed by atoms with E-state index in [9.17, 15) is 4.79 Å². The smallest absolute Gasteiger partial charge is 0.258 e. The van der Waals surface area contributed by atoms with Crippen LogP contribution in [0, 0.1) is 0 Å². The van der Waals surface area contributed by atoms with Gasteiger partial charge in [-0.25, -0.2) is 0 Å². The summed E-state index contributed by atoms with van der Waals surface area (Å²) in [7, 11) is 0. The third-order valence-electron chi connectivity index (χ3n) is 2.77. The SMILES string of the molecule is C=CCN(C(=O)c1cccc(N)c1OCC)C(C)C. The molecule has 19 heavy (non-hydrogen) atoms. The van der Waals surface area contributed by atoms with E-state index in [0.29, 0.717) is 30.2 Å². The standard InChI is InChI=1S/C15H22N2O2/c1-5-10-17(11(3)4)15(18)12-8-7-9-13(16)14(12)19-6-2/h5,7-9,11H,1,6,10,16H2,2-4H3. The number of nitrogen functional groups attached to an aromatic ring is 1. The molecule has 0 unspecified atom stereocenters. The van der Waals surface area contributed by atoms with E-state index in [4.69, 9.17) is 10.5 Å². The summed E-state index contributed by atoms with van der Waals surface area (Å²) < 4.78 is 5.50. The number of ether oxygens (including phenoxy) is 1. The highest BCUT2D eigenvalue weighted by Gasteiger charge is 2.22. The van der Waals surface area contributed by atoms with Crippen LogP contribution in [0.1, 0.15) is 31.1 Å². The Kier molecular flexibility index (Phi) is 5.42. The lowest BCUT2D eigenvalue weighted by atomic mass is 10.1. The topological polar surface area (TPSA) is 55.6 Å². The molecule has 0 aliphatic heterocycles. The highest BCUT2D eigenvalue weighted by atomic mass is 16.5. The van der Waals surface area contributed by atoms with Crippen LogP contribution >= 0.6 is 0 Å². The normalized spacial score (nSPS) is 10.3. The molecule has 0 atom stereocenters. The molecule has 1 rings (SSSR count). The van der Waals surface area contributed by atoms with Crippen LogP contribution < -0.4 is 10.5 Å². The molecule has 4 heteroatoms. The van der Waals surface area contributed by atoms with Crippen molar-refractivity contribution in [2.24, 2.45) is 0 Å². The summed E-state index contributed by atoms with van der Waals surface area (Å²) in [5, 5.41) is 0. The second-order valence-corrected chi connectivity index (χ2v) is 4.50. The number of nitrogens with two attached hydrogens (primary N) is 1. The quantitative estimate of drug-likeness (QED) is 0.633.